The van der Waals surface area contributed by atoms with E-state index in [1.165, 1.54) is 0 Å². The van der Waals surface area contributed by atoms with E-state index in [-0.39, 0.29) is 6.04 Å². The lowest BCUT2D eigenvalue weighted by Gasteiger charge is -2.13. The van der Waals surface area contributed by atoms with Gasteiger partial charge in [-0.2, -0.15) is 5.10 Å². The van der Waals surface area contributed by atoms with Crippen LogP contribution in [-0.4, -0.2) is 9.78 Å². The molecule has 0 saturated carbocycles. The molecular formula is C14H18ClN3. The summed E-state index contributed by atoms with van der Waals surface area (Å²) in [4.78, 5) is 0. The summed E-state index contributed by atoms with van der Waals surface area (Å²) in [6.45, 7) is 4.04. The van der Waals surface area contributed by atoms with Crippen molar-refractivity contribution in [3.8, 4) is 0 Å². The van der Waals surface area contributed by atoms with Gasteiger partial charge in [0.05, 0.1) is 5.69 Å². The van der Waals surface area contributed by atoms with Crippen molar-refractivity contribution in [3.63, 3.8) is 0 Å². The van der Waals surface area contributed by atoms with E-state index in [2.05, 4.69) is 5.10 Å². The maximum absolute atomic E-state index is 6.30. The summed E-state index contributed by atoms with van der Waals surface area (Å²) >= 11 is 6.16. The van der Waals surface area contributed by atoms with Crippen molar-refractivity contribution < 1.29 is 0 Å². The van der Waals surface area contributed by atoms with Gasteiger partial charge in [0.1, 0.15) is 0 Å². The largest absolute Gasteiger partial charge is 0.324 e. The molecule has 4 heteroatoms. The summed E-state index contributed by atoms with van der Waals surface area (Å²) < 4.78 is 1.87. The standard InChI is InChI=1S/C14H18ClN3/c1-9-14(10(2)18(3)17-9)13(16)8-11-6-4-5-7-12(11)15/h4-7,13H,8,16H2,1-3H3. The molecule has 0 saturated heterocycles. The average Bonchev–Trinajstić information content (AvgIpc) is 2.56. The van der Waals surface area contributed by atoms with Crippen LogP contribution in [0.25, 0.3) is 0 Å². The first-order valence-corrected chi connectivity index (χ1v) is 6.37. The summed E-state index contributed by atoms with van der Waals surface area (Å²) in [6, 6.07) is 7.75. The quantitative estimate of drug-likeness (QED) is 0.925. The third-order valence-electron chi connectivity index (χ3n) is 3.33. The molecule has 1 aromatic carbocycles. The smallest absolute Gasteiger partial charge is 0.0644 e. The van der Waals surface area contributed by atoms with Gasteiger partial charge in [-0.15, -0.1) is 0 Å². The molecule has 0 fully saturated rings. The maximum atomic E-state index is 6.30. The topological polar surface area (TPSA) is 43.8 Å². The second-order valence-electron chi connectivity index (χ2n) is 4.61. The molecule has 2 rings (SSSR count). The minimum absolute atomic E-state index is 0.0707. The van der Waals surface area contributed by atoms with Gasteiger partial charge in [-0.3, -0.25) is 4.68 Å². The fraction of sp³-hybridized carbons (Fsp3) is 0.357. The number of nitrogens with zero attached hydrogens (tertiary/aromatic N) is 2. The lowest BCUT2D eigenvalue weighted by Crippen LogP contribution is -2.15. The number of aromatic nitrogens is 2. The molecule has 0 amide bonds. The Kier molecular flexibility index (Phi) is 3.73. The van der Waals surface area contributed by atoms with E-state index in [1.54, 1.807) is 0 Å². The van der Waals surface area contributed by atoms with Crippen LogP contribution in [-0.2, 0) is 13.5 Å². The second kappa shape index (κ2) is 5.12. The molecule has 2 N–H and O–H groups in total. The van der Waals surface area contributed by atoms with Crippen LogP contribution in [0.4, 0.5) is 0 Å². The van der Waals surface area contributed by atoms with Crippen molar-refractivity contribution in [1.82, 2.24) is 9.78 Å². The predicted octanol–water partition coefficient (Wildman–Crippen LogP) is 2.93. The molecule has 96 valence electrons. The van der Waals surface area contributed by atoms with Gasteiger partial charge < -0.3 is 5.73 Å². The number of benzene rings is 1. The first-order valence-electron chi connectivity index (χ1n) is 5.99. The molecule has 0 spiro atoms. The predicted molar refractivity (Wildman–Crippen MR) is 74.8 cm³/mol. The third-order valence-corrected chi connectivity index (χ3v) is 3.70. The highest BCUT2D eigenvalue weighted by Gasteiger charge is 2.17. The summed E-state index contributed by atoms with van der Waals surface area (Å²) in [5, 5.41) is 5.17. The van der Waals surface area contributed by atoms with Crippen molar-refractivity contribution in [2.24, 2.45) is 12.8 Å². The zero-order chi connectivity index (χ0) is 13.3. The Morgan fingerprint density at radius 1 is 1.33 bits per heavy atom. The van der Waals surface area contributed by atoms with Gasteiger partial charge in [0.15, 0.2) is 0 Å². The molecule has 18 heavy (non-hydrogen) atoms. The minimum atomic E-state index is -0.0707. The molecule has 0 aliphatic carbocycles. The van der Waals surface area contributed by atoms with Crippen LogP contribution in [0.1, 0.15) is 28.6 Å². The van der Waals surface area contributed by atoms with Crippen LogP contribution < -0.4 is 5.73 Å². The van der Waals surface area contributed by atoms with E-state index < -0.39 is 0 Å². The molecule has 2 aromatic rings. The third kappa shape index (κ3) is 2.42. The normalized spacial score (nSPS) is 12.7. The van der Waals surface area contributed by atoms with E-state index in [4.69, 9.17) is 17.3 Å². The summed E-state index contributed by atoms with van der Waals surface area (Å²) in [7, 11) is 1.94. The Bertz CT molecular complexity index is 560. The molecule has 1 unspecified atom stereocenters. The van der Waals surface area contributed by atoms with Crippen molar-refractivity contribution in [1.29, 1.82) is 0 Å². The Morgan fingerprint density at radius 3 is 2.56 bits per heavy atom. The number of halogens is 1. The lowest BCUT2D eigenvalue weighted by molar-refractivity contribution is 0.700. The fourth-order valence-corrected chi connectivity index (χ4v) is 2.54. The highest BCUT2D eigenvalue weighted by molar-refractivity contribution is 6.31. The molecule has 0 aliphatic rings. The Balaban J connectivity index is 2.28. The number of hydrogen-bond acceptors (Lipinski definition) is 2. The molecule has 0 radical (unpaired) electrons. The van der Waals surface area contributed by atoms with E-state index in [0.29, 0.717) is 0 Å². The Morgan fingerprint density at radius 2 is 2.00 bits per heavy atom. The monoisotopic (exact) mass is 263 g/mol. The molecule has 1 atom stereocenters. The average molecular weight is 264 g/mol. The Hall–Kier alpha value is -1.32. The Labute approximate surface area is 113 Å². The van der Waals surface area contributed by atoms with Crippen LogP contribution in [0.15, 0.2) is 24.3 Å². The van der Waals surface area contributed by atoms with Crippen LogP contribution in [0.3, 0.4) is 0 Å². The van der Waals surface area contributed by atoms with Crippen molar-refractivity contribution in [3.05, 3.63) is 51.8 Å². The summed E-state index contributed by atoms with van der Waals surface area (Å²) in [5.74, 6) is 0. The first kappa shape index (κ1) is 13.1. The van der Waals surface area contributed by atoms with Crippen molar-refractivity contribution in [2.75, 3.05) is 0 Å². The number of rotatable bonds is 3. The molecule has 0 bridgehead atoms. The molecule has 0 aliphatic heterocycles. The molecule has 1 heterocycles. The van der Waals surface area contributed by atoms with Crippen LogP contribution in [0, 0.1) is 13.8 Å². The fourth-order valence-electron chi connectivity index (χ4n) is 2.33. The van der Waals surface area contributed by atoms with E-state index in [0.717, 1.165) is 34.0 Å². The number of nitrogens with two attached hydrogens (primary N) is 1. The van der Waals surface area contributed by atoms with E-state index in [1.807, 2.05) is 49.8 Å². The highest BCUT2D eigenvalue weighted by Crippen LogP contribution is 2.25. The van der Waals surface area contributed by atoms with Crippen LogP contribution in [0.2, 0.25) is 5.02 Å². The molecule has 3 nitrogen and oxygen atoms in total. The van der Waals surface area contributed by atoms with E-state index >= 15 is 0 Å². The van der Waals surface area contributed by atoms with Gasteiger partial charge in [0.2, 0.25) is 0 Å². The van der Waals surface area contributed by atoms with Gasteiger partial charge in [0.25, 0.3) is 0 Å². The zero-order valence-corrected chi connectivity index (χ0v) is 11.7. The minimum Gasteiger partial charge on any atom is -0.324 e. The summed E-state index contributed by atoms with van der Waals surface area (Å²) in [6.07, 6.45) is 0.729. The summed E-state index contributed by atoms with van der Waals surface area (Å²) in [5.41, 5.74) is 10.6. The number of aryl methyl sites for hydroxylation is 2. The van der Waals surface area contributed by atoms with Crippen molar-refractivity contribution in [2.45, 2.75) is 26.3 Å². The highest BCUT2D eigenvalue weighted by atomic mass is 35.5. The van der Waals surface area contributed by atoms with Gasteiger partial charge in [-0.1, -0.05) is 29.8 Å². The van der Waals surface area contributed by atoms with E-state index in [9.17, 15) is 0 Å². The second-order valence-corrected chi connectivity index (χ2v) is 5.02. The first-order chi connectivity index (χ1) is 8.50. The van der Waals surface area contributed by atoms with Gasteiger partial charge in [-0.25, -0.2) is 0 Å². The molecule has 1 aromatic heterocycles. The van der Waals surface area contributed by atoms with Gasteiger partial charge >= 0.3 is 0 Å². The zero-order valence-electron chi connectivity index (χ0n) is 10.9. The van der Waals surface area contributed by atoms with Gasteiger partial charge in [0, 0.05) is 29.4 Å². The molecular weight excluding hydrogens is 246 g/mol. The number of hydrogen-bond donors (Lipinski definition) is 1. The lowest BCUT2D eigenvalue weighted by atomic mass is 9.98. The van der Waals surface area contributed by atoms with Crippen LogP contribution in [0.5, 0.6) is 0 Å². The van der Waals surface area contributed by atoms with Crippen LogP contribution >= 0.6 is 11.6 Å². The van der Waals surface area contributed by atoms with Crippen molar-refractivity contribution >= 4 is 11.6 Å². The van der Waals surface area contributed by atoms with Gasteiger partial charge in [-0.05, 0) is 31.9 Å². The SMILES string of the molecule is Cc1nn(C)c(C)c1C(N)Cc1ccccc1Cl. The maximum Gasteiger partial charge on any atom is 0.0644 e.